The molecular weight excluding hydrogens is 306 g/mol. The Morgan fingerprint density at radius 2 is 1.36 bits per heavy atom. The number of nitrogens with zero attached hydrogens (tertiary/aromatic N) is 2. The maximum absolute atomic E-state index is 12.5. The molecule has 1 aliphatic heterocycles. The van der Waals surface area contributed by atoms with Gasteiger partial charge in [-0.1, -0.05) is 0 Å². The van der Waals surface area contributed by atoms with Gasteiger partial charge in [0.05, 0.1) is 0 Å². The molecule has 1 rings (SSSR count). The molecule has 0 radical (unpaired) electrons. The molecule has 0 aliphatic carbocycles. The van der Waals surface area contributed by atoms with E-state index in [2.05, 4.69) is 0 Å². The van der Waals surface area contributed by atoms with E-state index in [1.807, 2.05) is 0 Å². The van der Waals surface area contributed by atoms with Gasteiger partial charge in [-0.05, 0) is 0 Å². The Bertz CT molecular complexity index is 260. The van der Waals surface area contributed by atoms with E-state index in [4.69, 9.17) is 45.3 Å². The molecule has 10 heteroatoms. The van der Waals surface area contributed by atoms with Crippen LogP contribution in [0.3, 0.4) is 0 Å². The Morgan fingerprint density at radius 3 is 1.50 bits per heavy atom. The van der Waals surface area contributed by atoms with Gasteiger partial charge in [-0.25, -0.2) is 0 Å². The number of hydrogen-bond donors (Lipinski definition) is 0. The molecule has 1 aliphatic rings. The summed E-state index contributed by atoms with van der Waals surface area (Å²) in [6, 6.07) is 0. The van der Waals surface area contributed by atoms with Crippen LogP contribution < -0.4 is 0 Å². The fourth-order valence-electron chi connectivity index (χ4n) is 1.16. The number of hydrogen-bond acceptors (Lipinski definition) is 2. The van der Waals surface area contributed by atoms with Crippen molar-refractivity contribution in [3.05, 3.63) is 0 Å². The van der Waals surface area contributed by atoms with Crippen molar-refractivity contribution in [2.24, 2.45) is 0 Å². The van der Waals surface area contributed by atoms with Crippen molar-refractivity contribution in [1.82, 2.24) is 9.34 Å². The molecule has 14 heavy (non-hydrogen) atoms. The summed E-state index contributed by atoms with van der Waals surface area (Å²) in [5.41, 5.74) is 0. The van der Waals surface area contributed by atoms with Gasteiger partial charge in [0, 0.05) is 0 Å². The van der Waals surface area contributed by atoms with Gasteiger partial charge in [-0.2, -0.15) is 0 Å². The zero-order valence-electron chi connectivity index (χ0n) is 6.99. The summed E-state index contributed by atoms with van der Waals surface area (Å²) in [5, 5.41) is -2.73. The number of alkyl halides is 4. The second-order valence-electron chi connectivity index (χ2n) is 2.87. The molecule has 0 aromatic heterocycles. The molecule has 0 aromatic rings. The predicted octanol–water partition coefficient (Wildman–Crippen LogP) is 4.16. The molecule has 0 bridgehead atoms. The third kappa shape index (κ3) is 1.37. The van der Waals surface area contributed by atoms with Crippen molar-refractivity contribution in [1.29, 1.82) is 0 Å². The van der Waals surface area contributed by atoms with Gasteiger partial charge in [0.1, 0.15) is 0 Å². The van der Waals surface area contributed by atoms with Crippen molar-refractivity contribution in [2.45, 2.75) is 11.3 Å². The third-order valence-electron chi connectivity index (χ3n) is 2.17. The van der Waals surface area contributed by atoms with Crippen LogP contribution in [-0.4, -0.2) is 34.7 Å². The first kappa shape index (κ1) is 13.4. The van der Waals surface area contributed by atoms with Crippen molar-refractivity contribution in [3.8, 4) is 0 Å². The number of rotatable bonds is 0. The van der Waals surface area contributed by atoms with Crippen molar-refractivity contribution in [3.63, 3.8) is 0 Å². The van der Waals surface area contributed by atoms with Gasteiger partial charge in [0.25, 0.3) is 0 Å². The van der Waals surface area contributed by atoms with Gasteiger partial charge in [0.2, 0.25) is 0 Å². The molecule has 1 fully saturated rings. The van der Waals surface area contributed by atoms with E-state index in [0.717, 1.165) is 14.1 Å². The van der Waals surface area contributed by atoms with E-state index in [1.54, 1.807) is 0 Å². The molecule has 1 heterocycles. The zero-order valence-corrected chi connectivity index (χ0v) is 10.9. The summed E-state index contributed by atoms with van der Waals surface area (Å²) in [5.74, 6) is 0. The monoisotopic (exact) mass is 310 g/mol. The Balaban J connectivity index is 3.14. The van der Waals surface area contributed by atoms with E-state index in [9.17, 15) is 13.2 Å². The third-order valence-corrected chi connectivity index (χ3v) is 9.68. The molecule has 1 saturated heterocycles. The van der Waals surface area contributed by atoms with Crippen LogP contribution in [0, 0.1) is 0 Å². The SMILES string of the molecule is CN1C(Cl)(C(F)(F)F)N(C)P1(Cl)(Cl)Cl. The molecule has 0 aromatic carbocycles. The van der Waals surface area contributed by atoms with E-state index in [1.165, 1.54) is 0 Å². The predicted molar refractivity (Wildman–Crippen MR) is 54.6 cm³/mol. The molecule has 0 saturated carbocycles. The van der Waals surface area contributed by atoms with Gasteiger partial charge in [-0.15, -0.1) is 0 Å². The van der Waals surface area contributed by atoms with Crippen LogP contribution >= 0.6 is 50.3 Å². The van der Waals surface area contributed by atoms with E-state index >= 15 is 0 Å². The van der Waals surface area contributed by atoms with Gasteiger partial charge in [0.15, 0.2) is 0 Å². The molecule has 0 unspecified atom stereocenters. The summed E-state index contributed by atoms with van der Waals surface area (Å²) in [7, 11) is 2.07. The average Bonchev–Trinajstić information content (AvgIpc) is 1.97. The minimum atomic E-state index is -4.70. The first-order valence-electron chi connectivity index (χ1n) is 3.25. The standard InChI is InChI=1S/C4H6Cl4F3N2P/c1-12-3(5,4(9,10)11)13(2)14(12,6,7)8/h1-2H3. The molecule has 2 nitrogen and oxygen atoms in total. The molecule has 0 amide bonds. The first-order valence-corrected chi connectivity index (χ1v) is 8.49. The first-order chi connectivity index (χ1) is 5.84. The molecular formula is C4H6Cl4F3N2P. The Kier molecular flexibility index (Phi) is 2.81. The summed E-state index contributed by atoms with van der Waals surface area (Å²) in [4.78, 5) is -4.14. The molecule has 86 valence electrons. The van der Waals surface area contributed by atoms with Crippen LogP contribution in [0.2, 0.25) is 0 Å². The van der Waals surface area contributed by atoms with Crippen molar-refractivity contribution >= 4 is 50.3 Å². The van der Waals surface area contributed by atoms with Crippen LogP contribution in [0.15, 0.2) is 0 Å². The second kappa shape index (κ2) is 2.95. The topological polar surface area (TPSA) is 6.48 Å². The molecule has 0 atom stereocenters. The van der Waals surface area contributed by atoms with E-state index in [-0.39, 0.29) is 0 Å². The van der Waals surface area contributed by atoms with E-state index < -0.39 is 16.3 Å². The molecule has 0 N–H and O–H groups in total. The molecule has 0 spiro atoms. The van der Waals surface area contributed by atoms with Crippen molar-refractivity contribution < 1.29 is 13.2 Å². The van der Waals surface area contributed by atoms with Gasteiger partial charge < -0.3 is 0 Å². The Morgan fingerprint density at radius 1 is 1.07 bits per heavy atom. The normalized spacial score (nSPS) is 41.1. The van der Waals surface area contributed by atoms with Crippen LogP contribution in [-0.2, 0) is 0 Å². The van der Waals surface area contributed by atoms with Crippen molar-refractivity contribution in [2.75, 3.05) is 14.1 Å². The van der Waals surface area contributed by atoms with Crippen LogP contribution in [0.4, 0.5) is 13.2 Å². The fourth-order valence-corrected chi connectivity index (χ4v) is 6.32. The fraction of sp³-hybridized carbons (Fsp3) is 1.00. The van der Waals surface area contributed by atoms with Crippen LogP contribution in [0.5, 0.6) is 0 Å². The Hall–Kier alpha value is 1.30. The summed E-state index contributed by atoms with van der Waals surface area (Å²) in [6.07, 6.45) is -4.70. The second-order valence-corrected chi connectivity index (χ2v) is 13.4. The van der Waals surface area contributed by atoms with Gasteiger partial charge >= 0.3 is 98.2 Å². The Labute approximate surface area is 98.2 Å². The summed E-state index contributed by atoms with van der Waals surface area (Å²) >= 11 is 22.4. The van der Waals surface area contributed by atoms with Gasteiger partial charge in [-0.3, -0.25) is 0 Å². The maximum atomic E-state index is 12.5. The average molecular weight is 312 g/mol. The number of halogens is 7. The van der Waals surface area contributed by atoms with E-state index in [0.29, 0.717) is 9.34 Å². The van der Waals surface area contributed by atoms with Crippen LogP contribution in [0.25, 0.3) is 0 Å². The quantitative estimate of drug-likeness (QED) is 0.376. The summed E-state index contributed by atoms with van der Waals surface area (Å²) < 4.78 is 38.7. The minimum absolute atomic E-state index is 0.546. The van der Waals surface area contributed by atoms with Crippen LogP contribution in [0.1, 0.15) is 0 Å². The zero-order chi connectivity index (χ0) is 11.6. The summed E-state index contributed by atoms with van der Waals surface area (Å²) in [6.45, 7) is 0.